The van der Waals surface area contributed by atoms with Crippen LogP contribution < -0.4 is 11.1 Å². The number of benzene rings is 1. The number of nitrogens with one attached hydrogen (secondary N) is 1. The standard InChI is InChI=1S/C12H14N4/c1-8-3-4-9(2)10(7-8)14-12-6-5-11(13)15-16-12/h3-7H,1-2H3,(H2,13,15)(H,14,16). The quantitative estimate of drug-likeness (QED) is 0.805. The lowest BCUT2D eigenvalue weighted by Gasteiger charge is -2.09. The van der Waals surface area contributed by atoms with Crippen LogP contribution in [0.4, 0.5) is 17.3 Å². The van der Waals surface area contributed by atoms with Gasteiger partial charge in [-0.3, -0.25) is 0 Å². The van der Waals surface area contributed by atoms with Gasteiger partial charge in [0.1, 0.15) is 5.82 Å². The summed E-state index contributed by atoms with van der Waals surface area (Å²) in [5.41, 5.74) is 8.89. The Kier molecular flexibility index (Phi) is 2.72. The Labute approximate surface area is 94.5 Å². The Morgan fingerprint density at radius 3 is 2.56 bits per heavy atom. The van der Waals surface area contributed by atoms with E-state index in [1.165, 1.54) is 11.1 Å². The Balaban J connectivity index is 2.26. The first-order chi connectivity index (χ1) is 7.65. The second-order valence-corrected chi connectivity index (χ2v) is 3.79. The fourth-order valence-corrected chi connectivity index (χ4v) is 1.42. The predicted molar refractivity (Wildman–Crippen MR) is 65.6 cm³/mol. The van der Waals surface area contributed by atoms with Crippen molar-refractivity contribution in [1.82, 2.24) is 10.2 Å². The van der Waals surface area contributed by atoms with Crippen molar-refractivity contribution in [3.8, 4) is 0 Å². The molecule has 16 heavy (non-hydrogen) atoms. The lowest BCUT2D eigenvalue weighted by atomic mass is 10.1. The van der Waals surface area contributed by atoms with Crippen LogP contribution in [0.3, 0.4) is 0 Å². The maximum absolute atomic E-state index is 5.47. The molecule has 0 unspecified atom stereocenters. The van der Waals surface area contributed by atoms with Crippen LogP contribution in [-0.4, -0.2) is 10.2 Å². The number of aryl methyl sites for hydroxylation is 2. The first kappa shape index (κ1) is 10.4. The molecule has 4 heteroatoms. The SMILES string of the molecule is Cc1ccc(C)c(Nc2ccc(N)nn2)c1. The summed E-state index contributed by atoms with van der Waals surface area (Å²) in [7, 11) is 0. The third-order valence-electron chi connectivity index (χ3n) is 2.34. The van der Waals surface area contributed by atoms with E-state index in [0.29, 0.717) is 11.6 Å². The molecule has 4 nitrogen and oxygen atoms in total. The van der Waals surface area contributed by atoms with Gasteiger partial charge in [0, 0.05) is 5.69 Å². The van der Waals surface area contributed by atoms with Crippen molar-refractivity contribution in [2.24, 2.45) is 0 Å². The molecule has 0 spiro atoms. The molecule has 0 saturated heterocycles. The molecule has 0 aliphatic heterocycles. The maximum Gasteiger partial charge on any atom is 0.153 e. The third-order valence-corrected chi connectivity index (χ3v) is 2.34. The second kappa shape index (κ2) is 4.18. The van der Waals surface area contributed by atoms with E-state index >= 15 is 0 Å². The van der Waals surface area contributed by atoms with Crippen molar-refractivity contribution in [2.45, 2.75) is 13.8 Å². The molecule has 0 radical (unpaired) electrons. The molecule has 0 aliphatic rings. The molecular weight excluding hydrogens is 200 g/mol. The van der Waals surface area contributed by atoms with Gasteiger partial charge in [0.15, 0.2) is 5.82 Å². The van der Waals surface area contributed by atoms with Crippen molar-refractivity contribution in [3.05, 3.63) is 41.5 Å². The predicted octanol–water partition coefficient (Wildman–Crippen LogP) is 2.42. The van der Waals surface area contributed by atoms with Gasteiger partial charge >= 0.3 is 0 Å². The van der Waals surface area contributed by atoms with Crippen molar-refractivity contribution in [2.75, 3.05) is 11.1 Å². The minimum Gasteiger partial charge on any atom is -0.382 e. The van der Waals surface area contributed by atoms with Gasteiger partial charge in [0.05, 0.1) is 0 Å². The average molecular weight is 214 g/mol. The van der Waals surface area contributed by atoms with Crippen LogP contribution in [0.1, 0.15) is 11.1 Å². The van der Waals surface area contributed by atoms with Crippen LogP contribution in [0.5, 0.6) is 0 Å². The number of nitrogen functional groups attached to an aromatic ring is 1. The van der Waals surface area contributed by atoms with Gasteiger partial charge in [-0.15, -0.1) is 10.2 Å². The summed E-state index contributed by atoms with van der Waals surface area (Å²) in [4.78, 5) is 0. The zero-order valence-electron chi connectivity index (χ0n) is 9.36. The second-order valence-electron chi connectivity index (χ2n) is 3.79. The van der Waals surface area contributed by atoms with E-state index in [0.717, 1.165) is 5.69 Å². The molecule has 2 rings (SSSR count). The van der Waals surface area contributed by atoms with Gasteiger partial charge in [-0.25, -0.2) is 0 Å². The molecule has 82 valence electrons. The van der Waals surface area contributed by atoms with Gasteiger partial charge in [-0.1, -0.05) is 12.1 Å². The molecule has 0 aliphatic carbocycles. The molecule has 1 aromatic carbocycles. The molecule has 0 fully saturated rings. The highest BCUT2D eigenvalue weighted by Gasteiger charge is 2.00. The summed E-state index contributed by atoms with van der Waals surface area (Å²) in [5, 5.41) is 11.0. The Morgan fingerprint density at radius 1 is 1.06 bits per heavy atom. The van der Waals surface area contributed by atoms with E-state index in [-0.39, 0.29) is 0 Å². The topological polar surface area (TPSA) is 63.8 Å². The largest absolute Gasteiger partial charge is 0.382 e. The van der Waals surface area contributed by atoms with Gasteiger partial charge in [0.25, 0.3) is 0 Å². The third kappa shape index (κ3) is 2.28. The lowest BCUT2D eigenvalue weighted by Crippen LogP contribution is -1.99. The number of nitrogens with zero attached hydrogens (tertiary/aromatic N) is 2. The molecule has 1 heterocycles. The number of rotatable bonds is 2. The minimum absolute atomic E-state index is 0.423. The van der Waals surface area contributed by atoms with E-state index < -0.39 is 0 Å². The summed E-state index contributed by atoms with van der Waals surface area (Å²) in [6.45, 7) is 4.10. The van der Waals surface area contributed by atoms with Crippen molar-refractivity contribution < 1.29 is 0 Å². The van der Waals surface area contributed by atoms with E-state index in [1.807, 2.05) is 13.0 Å². The van der Waals surface area contributed by atoms with Crippen LogP contribution in [0.2, 0.25) is 0 Å². The Morgan fingerprint density at radius 2 is 1.88 bits per heavy atom. The van der Waals surface area contributed by atoms with E-state index in [4.69, 9.17) is 5.73 Å². The molecule has 0 saturated carbocycles. The zero-order chi connectivity index (χ0) is 11.5. The van der Waals surface area contributed by atoms with E-state index in [9.17, 15) is 0 Å². The summed E-state index contributed by atoms with van der Waals surface area (Å²) in [5.74, 6) is 1.12. The van der Waals surface area contributed by atoms with E-state index in [1.54, 1.807) is 6.07 Å². The van der Waals surface area contributed by atoms with Crippen LogP contribution in [0.15, 0.2) is 30.3 Å². The van der Waals surface area contributed by atoms with Gasteiger partial charge < -0.3 is 11.1 Å². The molecule has 0 amide bonds. The fraction of sp³-hybridized carbons (Fsp3) is 0.167. The number of anilines is 3. The summed E-state index contributed by atoms with van der Waals surface area (Å²) < 4.78 is 0. The summed E-state index contributed by atoms with van der Waals surface area (Å²) >= 11 is 0. The van der Waals surface area contributed by atoms with Crippen LogP contribution in [-0.2, 0) is 0 Å². The molecule has 3 N–H and O–H groups in total. The molecule has 1 aromatic heterocycles. The highest BCUT2D eigenvalue weighted by molar-refractivity contribution is 5.61. The highest BCUT2D eigenvalue weighted by atomic mass is 15.2. The maximum atomic E-state index is 5.47. The number of aromatic nitrogens is 2. The van der Waals surface area contributed by atoms with Crippen LogP contribution >= 0.6 is 0 Å². The van der Waals surface area contributed by atoms with Crippen molar-refractivity contribution >= 4 is 17.3 Å². The molecule has 0 bridgehead atoms. The number of nitrogens with two attached hydrogens (primary N) is 1. The Hall–Kier alpha value is -2.10. The highest BCUT2D eigenvalue weighted by Crippen LogP contribution is 2.20. The minimum atomic E-state index is 0.423. The smallest absolute Gasteiger partial charge is 0.153 e. The number of hydrogen-bond acceptors (Lipinski definition) is 4. The molecular formula is C12H14N4. The monoisotopic (exact) mass is 214 g/mol. The zero-order valence-corrected chi connectivity index (χ0v) is 9.36. The average Bonchev–Trinajstić information content (AvgIpc) is 2.27. The van der Waals surface area contributed by atoms with Gasteiger partial charge in [0.2, 0.25) is 0 Å². The molecule has 2 aromatic rings. The molecule has 0 atom stereocenters. The first-order valence-electron chi connectivity index (χ1n) is 5.08. The van der Waals surface area contributed by atoms with Gasteiger partial charge in [-0.05, 0) is 43.2 Å². The normalized spacial score (nSPS) is 10.1. The van der Waals surface area contributed by atoms with Crippen LogP contribution in [0.25, 0.3) is 0 Å². The van der Waals surface area contributed by atoms with Crippen molar-refractivity contribution in [3.63, 3.8) is 0 Å². The van der Waals surface area contributed by atoms with Crippen LogP contribution in [0, 0.1) is 13.8 Å². The number of hydrogen-bond donors (Lipinski definition) is 2. The summed E-state index contributed by atoms with van der Waals surface area (Å²) in [6.07, 6.45) is 0. The summed E-state index contributed by atoms with van der Waals surface area (Å²) in [6, 6.07) is 9.76. The fourth-order valence-electron chi connectivity index (χ4n) is 1.42. The van der Waals surface area contributed by atoms with E-state index in [2.05, 4.69) is 40.6 Å². The van der Waals surface area contributed by atoms with Gasteiger partial charge in [-0.2, -0.15) is 0 Å². The van der Waals surface area contributed by atoms with Crippen molar-refractivity contribution in [1.29, 1.82) is 0 Å². The first-order valence-corrected chi connectivity index (χ1v) is 5.08. The Bertz CT molecular complexity index is 491. The lowest BCUT2D eigenvalue weighted by molar-refractivity contribution is 1.05.